The van der Waals surface area contributed by atoms with Gasteiger partial charge in [-0.05, 0) is 45.9 Å². The first-order chi connectivity index (χ1) is 9.17. The summed E-state index contributed by atoms with van der Waals surface area (Å²) in [5, 5.41) is 3.25. The van der Waals surface area contributed by atoms with E-state index in [1.165, 1.54) is 33.0 Å². The molecule has 19 heavy (non-hydrogen) atoms. The van der Waals surface area contributed by atoms with Crippen molar-refractivity contribution in [3.05, 3.63) is 0 Å². The third-order valence-electron chi connectivity index (χ3n) is 3.62. The monoisotopic (exact) mass is 271 g/mol. The standard InChI is InChI=1S/C14H29N3O2/c1-4-7-15-13(14(18)19-3)12-16(2)10-11-17-8-5-6-9-17/h13,15H,4-12H2,1-3H3. The van der Waals surface area contributed by atoms with Gasteiger partial charge in [-0.1, -0.05) is 6.92 Å². The van der Waals surface area contributed by atoms with Gasteiger partial charge in [0, 0.05) is 19.6 Å². The van der Waals surface area contributed by atoms with Gasteiger partial charge in [-0.2, -0.15) is 0 Å². The van der Waals surface area contributed by atoms with Crippen molar-refractivity contribution in [3.63, 3.8) is 0 Å². The Morgan fingerprint density at radius 3 is 2.68 bits per heavy atom. The second-order valence-electron chi connectivity index (χ2n) is 5.34. The lowest BCUT2D eigenvalue weighted by atomic mass is 10.2. The molecular formula is C14H29N3O2. The Balaban J connectivity index is 2.28. The number of likely N-dealkylation sites (N-methyl/N-ethyl adjacent to an activating group) is 1. The molecule has 0 bridgehead atoms. The summed E-state index contributed by atoms with van der Waals surface area (Å²) in [5.41, 5.74) is 0. The third-order valence-corrected chi connectivity index (χ3v) is 3.62. The van der Waals surface area contributed by atoms with Crippen molar-refractivity contribution in [2.75, 3.05) is 53.4 Å². The zero-order chi connectivity index (χ0) is 14.1. The minimum atomic E-state index is -0.214. The van der Waals surface area contributed by atoms with Crippen LogP contribution in [0, 0.1) is 0 Å². The highest BCUT2D eigenvalue weighted by Crippen LogP contribution is 2.06. The van der Waals surface area contributed by atoms with E-state index < -0.39 is 0 Å². The summed E-state index contributed by atoms with van der Waals surface area (Å²) in [5.74, 6) is -0.165. The summed E-state index contributed by atoms with van der Waals surface area (Å²) < 4.78 is 4.85. The summed E-state index contributed by atoms with van der Waals surface area (Å²) in [6.45, 7) is 8.20. The molecule has 1 rings (SSSR count). The van der Waals surface area contributed by atoms with Crippen LogP contribution in [0.4, 0.5) is 0 Å². The van der Waals surface area contributed by atoms with Crippen molar-refractivity contribution in [1.82, 2.24) is 15.1 Å². The van der Waals surface area contributed by atoms with Gasteiger partial charge in [-0.25, -0.2) is 0 Å². The molecule has 0 aromatic carbocycles. The molecule has 0 aromatic heterocycles. The SMILES string of the molecule is CCCNC(CN(C)CCN1CCCC1)C(=O)OC. The van der Waals surface area contributed by atoms with Crippen LogP contribution >= 0.6 is 0 Å². The molecule has 0 saturated carbocycles. The maximum atomic E-state index is 11.7. The van der Waals surface area contributed by atoms with E-state index >= 15 is 0 Å². The number of carbonyl (C=O) groups excluding carboxylic acids is 1. The van der Waals surface area contributed by atoms with E-state index in [4.69, 9.17) is 4.74 Å². The van der Waals surface area contributed by atoms with Crippen molar-refractivity contribution in [2.24, 2.45) is 0 Å². The van der Waals surface area contributed by atoms with Crippen molar-refractivity contribution < 1.29 is 9.53 Å². The first-order valence-electron chi connectivity index (χ1n) is 7.39. The number of hydrogen-bond acceptors (Lipinski definition) is 5. The number of hydrogen-bond donors (Lipinski definition) is 1. The minimum absolute atomic E-state index is 0.165. The predicted octanol–water partition coefficient (Wildman–Crippen LogP) is 0.555. The number of carbonyl (C=O) groups is 1. The summed E-state index contributed by atoms with van der Waals surface area (Å²) in [7, 11) is 3.52. The van der Waals surface area contributed by atoms with Crippen LogP contribution in [0.3, 0.4) is 0 Å². The van der Waals surface area contributed by atoms with E-state index in [1.54, 1.807) is 0 Å². The molecule has 1 heterocycles. The van der Waals surface area contributed by atoms with E-state index in [0.717, 1.165) is 26.1 Å². The fourth-order valence-electron chi connectivity index (χ4n) is 2.40. The zero-order valence-corrected chi connectivity index (χ0v) is 12.7. The summed E-state index contributed by atoms with van der Waals surface area (Å²) in [4.78, 5) is 16.4. The molecule has 1 aliphatic rings. The smallest absolute Gasteiger partial charge is 0.324 e. The Bertz CT molecular complexity index is 255. The Morgan fingerprint density at radius 1 is 1.42 bits per heavy atom. The maximum absolute atomic E-state index is 11.7. The number of nitrogens with one attached hydrogen (secondary N) is 1. The van der Waals surface area contributed by atoms with Crippen LogP contribution in [-0.4, -0.2) is 75.2 Å². The molecule has 1 atom stereocenters. The van der Waals surface area contributed by atoms with Gasteiger partial charge in [-0.3, -0.25) is 4.79 Å². The quantitative estimate of drug-likeness (QED) is 0.621. The molecule has 5 heteroatoms. The molecule has 0 aliphatic carbocycles. The highest BCUT2D eigenvalue weighted by molar-refractivity contribution is 5.75. The van der Waals surface area contributed by atoms with Crippen LogP contribution in [0.15, 0.2) is 0 Å². The van der Waals surface area contributed by atoms with Gasteiger partial charge in [0.05, 0.1) is 7.11 Å². The van der Waals surface area contributed by atoms with E-state index in [1.807, 2.05) is 0 Å². The summed E-state index contributed by atoms with van der Waals surface area (Å²) in [6, 6.07) is -0.214. The van der Waals surface area contributed by atoms with Gasteiger partial charge in [0.1, 0.15) is 6.04 Å². The number of likely N-dealkylation sites (tertiary alicyclic amines) is 1. The fourth-order valence-corrected chi connectivity index (χ4v) is 2.40. The Kier molecular flexibility index (Phi) is 8.02. The van der Waals surface area contributed by atoms with Crippen LogP contribution < -0.4 is 5.32 Å². The number of ether oxygens (including phenoxy) is 1. The van der Waals surface area contributed by atoms with Crippen molar-refractivity contribution >= 4 is 5.97 Å². The largest absolute Gasteiger partial charge is 0.468 e. The number of rotatable bonds is 9. The molecule has 112 valence electrons. The topological polar surface area (TPSA) is 44.8 Å². The molecule has 0 aromatic rings. The van der Waals surface area contributed by atoms with E-state index in [0.29, 0.717) is 6.54 Å². The Labute approximate surface area is 117 Å². The number of esters is 1. The Morgan fingerprint density at radius 2 is 2.11 bits per heavy atom. The van der Waals surface area contributed by atoms with Crippen LogP contribution in [0.2, 0.25) is 0 Å². The lowest BCUT2D eigenvalue weighted by Gasteiger charge is -2.25. The van der Waals surface area contributed by atoms with Crippen molar-refractivity contribution in [2.45, 2.75) is 32.2 Å². The van der Waals surface area contributed by atoms with E-state index in [2.05, 4.69) is 29.1 Å². The van der Waals surface area contributed by atoms with Gasteiger partial charge in [0.2, 0.25) is 0 Å². The van der Waals surface area contributed by atoms with Crippen LogP contribution in [0.25, 0.3) is 0 Å². The lowest BCUT2D eigenvalue weighted by Crippen LogP contribution is -2.47. The van der Waals surface area contributed by atoms with E-state index in [9.17, 15) is 4.79 Å². The minimum Gasteiger partial charge on any atom is -0.468 e. The van der Waals surface area contributed by atoms with Crippen LogP contribution in [0.5, 0.6) is 0 Å². The third kappa shape index (κ3) is 6.36. The molecule has 1 fully saturated rings. The molecule has 1 unspecified atom stereocenters. The van der Waals surface area contributed by atoms with Crippen molar-refractivity contribution in [3.8, 4) is 0 Å². The lowest BCUT2D eigenvalue weighted by molar-refractivity contribution is -0.143. The normalized spacial score (nSPS) is 17.9. The molecule has 0 radical (unpaired) electrons. The first kappa shape index (κ1) is 16.4. The van der Waals surface area contributed by atoms with Gasteiger partial charge in [0.15, 0.2) is 0 Å². The zero-order valence-electron chi connectivity index (χ0n) is 12.7. The first-order valence-corrected chi connectivity index (χ1v) is 7.39. The maximum Gasteiger partial charge on any atom is 0.324 e. The van der Waals surface area contributed by atoms with Gasteiger partial charge < -0.3 is 19.9 Å². The second kappa shape index (κ2) is 9.28. The predicted molar refractivity (Wildman–Crippen MR) is 77.3 cm³/mol. The highest BCUT2D eigenvalue weighted by Gasteiger charge is 2.20. The summed E-state index contributed by atoms with van der Waals surface area (Å²) in [6.07, 6.45) is 3.67. The molecule has 1 aliphatic heterocycles. The molecule has 1 saturated heterocycles. The fraction of sp³-hybridized carbons (Fsp3) is 0.929. The molecule has 0 spiro atoms. The molecule has 0 amide bonds. The summed E-state index contributed by atoms with van der Waals surface area (Å²) >= 11 is 0. The second-order valence-corrected chi connectivity index (χ2v) is 5.34. The number of methoxy groups -OCH3 is 1. The average molecular weight is 271 g/mol. The average Bonchev–Trinajstić information content (AvgIpc) is 2.93. The highest BCUT2D eigenvalue weighted by atomic mass is 16.5. The van der Waals surface area contributed by atoms with Gasteiger partial charge >= 0.3 is 5.97 Å². The van der Waals surface area contributed by atoms with Crippen molar-refractivity contribution in [1.29, 1.82) is 0 Å². The molecule has 5 nitrogen and oxygen atoms in total. The van der Waals surface area contributed by atoms with Crippen LogP contribution in [0.1, 0.15) is 26.2 Å². The molecular weight excluding hydrogens is 242 g/mol. The van der Waals surface area contributed by atoms with Crippen LogP contribution in [-0.2, 0) is 9.53 Å². The van der Waals surface area contributed by atoms with Gasteiger partial charge in [0.25, 0.3) is 0 Å². The molecule has 1 N–H and O–H groups in total. The Hall–Kier alpha value is -0.650. The van der Waals surface area contributed by atoms with E-state index in [-0.39, 0.29) is 12.0 Å². The number of nitrogens with zero attached hydrogens (tertiary/aromatic N) is 2. The van der Waals surface area contributed by atoms with Gasteiger partial charge in [-0.15, -0.1) is 0 Å².